The van der Waals surface area contributed by atoms with Crippen molar-refractivity contribution in [2.45, 2.75) is 19.0 Å². The standard InChI is InChI=1S/C18H17N3O6S/c22-14(9-4-2-1-3-5-9)20-7-10-6-11-12(8-19-10)28-16(13(11)17(24)25)21-15(23)18(26)27/h1-5,10,19H,6-8H2,(H,20,22)(H,21,23)(H,24,25)(H,26,27). The lowest BCUT2D eigenvalue weighted by Gasteiger charge is -2.24. The molecule has 1 aromatic heterocycles. The fourth-order valence-electron chi connectivity index (χ4n) is 2.95. The second-order valence-corrected chi connectivity index (χ2v) is 7.24. The molecule has 0 aliphatic carbocycles. The van der Waals surface area contributed by atoms with Crippen LogP contribution in [0.2, 0.25) is 0 Å². The molecule has 0 fully saturated rings. The summed E-state index contributed by atoms with van der Waals surface area (Å²) in [7, 11) is 0. The first kappa shape index (κ1) is 19.5. The summed E-state index contributed by atoms with van der Waals surface area (Å²) in [6.45, 7) is 0.647. The lowest BCUT2D eigenvalue weighted by molar-refractivity contribution is -0.147. The van der Waals surface area contributed by atoms with Crippen molar-refractivity contribution in [2.75, 3.05) is 11.9 Å². The van der Waals surface area contributed by atoms with E-state index in [0.717, 1.165) is 11.3 Å². The SMILES string of the molecule is O=C(O)C(=O)Nc1sc2c(c1C(=O)O)CC(CNC(=O)c1ccccc1)NC2. The molecule has 1 atom stereocenters. The Hall–Kier alpha value is -3.24. The first-order chi connectivity index (χ1) is 13.4. The van der Waals surface area contributed by atoms with E-state index >= 15 is 0 Å². The smallest absolute Gasteiger partial charge is 0.394 e. The Morgan fingerprint density at radius 2 is 1.86 bits per heavy atom. The van der Waals surface area contributed by atoms with E-state index in [0.29, 0.717) is 35.5 Å². The van der Waals surface area contributed by atoms with Gasteiger partial charge in [0.15, 0.2) is 0 Å². The van der Waals surface area contributed by atoms with Crippen molar-refractivity contribution in [1.82, 2.24) is 10.6 Å². The van der Waals surface area contributed by atoms with Crippen LogP contribution >= 0.6 is 11.3 Å². The summed E-state index contributed by atoms with van der Waals surface area (Å²) >= 11 is 1.03. The van der Waals surface area contributed by atoms with Gasteiger partial charge in [0, 0.05) is 29.6 Å². The van der Waals surface area contributed by atoms with Gasteiger partial charge < -0.3 is 26.2 Å². The van der Waals surface area contributed by atoms with Crippen molar-refractivity contribution in [3.8, 4) is 0 Å². The summed E-state index contributed by atoms with van der Waals surface area (Å²) in [6.07, 6.45) is 0.325. The molecule has 5 N–H and O–H groups in total. The molecule has 10 heteroatoms. The molecule has 0 bridgehead atoms. The number of hydrogen-bond acceptors (Lipinski definition) is 6. The Morgan fingerprint density at radius 3 is 2.50 bits per heavy atom. The van der Waals surface area contributed by atoms with Crippen LogP contribution < -0.4 is 16.0 Å². The molecule has 1 unspecified atom stereocenters. The summed E-state index contributed by atoms with van der Waals surface area (Å²) in [4.78, 5) is 46.7. The molecule has 2 aromatic rings. The van der Waals surface area contributed by atoms with Crippen LogP contribution in [0.3, 0.4) is 0 Å². The van der Waals surface area contributed by atoms with Crippen LogP contribution in [0.25, 0.3) is 0 Å². The number of aliphatic carboxylic acids is 1. The zero-order valence-electron chi connectivity index (χ0n) is 14.5. The van der Waals surface area contributed by atoms with Gasteiger partial charge in [-0.3, -0.25) is 9.59 Å². The highest BCUT2D eigenvalue weighted by atomic mass is 32.1. The van der Waals surface area contributed by atoms with Crippen molar-refractivity contribution < 1.29 is 29.4 Å². The second-order valence-electron chi connectivity index (χ2n) is 6.13. The van der Waals surface area contributed by atoms with Gasteiger partial charge in [0.25, 0.3) is 5.91 Å². The second kappa shape index (κ2) is 8.19. The predicted octanol–water partition coefficient (Wildman–Crippen LogP) is 0.914. The van der Waals surface area contributed by atoms with E-state index in [1.807, 2.05) is 6.07 Å². The van der Waals surface area contributed by atoms with Gasteiger partial charge in [-0.1, -0.05) is 18.2 Å². The van der Waals surface area contributed by atoms with E-state index in [-0.39, 0.29) is 22.5 Å². The van der Waals surface area contributed by atoms with Gasteiger partial charge in [0.1, 0.15) is 5.00 Å². The average molecular weight is 403 g/mol. The van der Waals surface area contributed by atoms with Crippen LogP contribution in [0.1, 0.15) is 31.2 Å². The van der Waals surface area contributed by atoms with E-state index in [1.165, 1.54) is 0 Å². The molecule has 2 heterocycles. The van der Waals surface area contributed by atoms with Crippen LogP contribution in [0.4, 0.5) is 5.00 Å². The molecule has 0 radical (unpaired) electrons. The van der Waals surface area contributed by atoms with E-state index in [2.05, 4.69) is 16.0 Å². The summed E-state index contributed by atoms with van der Waals surface area (Å²) in [5, 5.41) is 26.4. The molecular weight excluding hydrogens is 386 g/mol. The van der Waals surface area contributed by atoms with Gasteiger partial charge in [-0.25, -0.2) is 9.59 Å². The third-order valence-electron chi connectivity index (χ3n) is 4.27. The number of carbonyl (C=O) groups excluding carboxylic acids is 2. The van der Waals surface area contributed by atoms with E-state index in [1.54, 1.807) is 24.3 Å². The lowest BCUT2D eigenvalue weighted by atomic mass is 9.98. The molecule has 0 saturated heterocycles. The molecule has 0 spiro atoms. The van der Waals surface area contributed by atoms with Crippen LogP contribution in [-0.4, -0.2) is 46.6 Å². The number of carboxylic acid groups (broad SMARTS) is 2. The predicted molar refractivity (Wildman–Crippen MR) is 101 cm³/mol. The number of fused-ring (bicyclic) bond motifs is 1. The third kappa shape index (κ3) is 4.18. The minimum absolute atomic E-state index is 0.000621. The van der Waals surface area contributed by atoms with Crippen LogP contribution in [0.5, 0.6) is 0 Å². The Morgan fingerprint density at radius 1 is 1.14 bits per heavy atom. The maximum absolute atomic E-state index is 12.2. The first-order valence-corrected chi connectivity index (χ1v) is 9.17. The van der Waals surface area contributed by atoms with E-state index < -0.39 is 17.8 Å². The van der Waals surface area contributed by atoms with Gasteiger partial charge >= 0.3 is 17.8 Å². The lowest BCUT2D eigenvalue weighted by Crippen LogP contribution is -2.44. The molecule has 28 heavy (non-hydrogen) atoms. The normalized spacial score (nSPS) is 15.4. The summed E-state index contributed by atoms with van der Waals surface area (Å²) in [6, 6.07) is 8.53. The largest absolute Gasteiger partial charge is 0.478 e. The molecule has 146 valence electrons. The van der Waals surface area contributed by atoms with Crippen molar-refractivity contribution in [3.05, 3.63) is 51.9 Å². The highest BCUT2D eigenvalue weighted by molar-refractivity contribution is 7.17. The van der Waals surface area contributed by atoms with E-state index in [4.69, 9.17) is 5.11 Å². The van der Waals surface area contributed by atoms with Gasteiger partial charge in [-0.05, 0) is 24.1 Å². The number of nitrogens with one attached hydrogen (secondary N) is 3. The maximum Gasteiger partial charge on any atom is 0.394 e. The van der Waals surface area contributed by atoms with Gasteiger partial charge in [0.2, 0.25) is 0 Å². The summed E-state index contributed by atoms with van der Waals surface area (Å²) in [5.74, 6) is -4.46. The number of carboxylic acids is 2. The zero-order chi connectivity index (χ0) is 20.3. The van der Waals surface area contributed by atoms with Crippen LogP contribution in [0, 0.1) is 0 Å². The zero-order valence-corrected chi connectivity index (χ0v) is 15.3. The maximum atomic E-state index is 12.2. The summed E-state index contributed by atoms with van der Waals surface area (Å²) in [5.41, 5.74) is 0.964. The van der Waals surface area contributed by atoms with Crippen molar-refractivity contribution in [3.63, 3.8) is 0 Å². The minimum atomic E-state index is -1.69. The molecule has 1 aromatic carbocycles. The number of benzene rings is 1. The molecular formula is C18H17N3O6S. The molecule has 1 aliphatic heterocycles. The number of aromatic carboxylic acids is 1. The average Bonchev–Trinajstić information content (AvgIpc) is 3.03. The van der Waals surface area contributed by atoms with Crippen LogP contribution in [0.15, 0.2) is 30.3 Å². The number of rotatable bonds is 5. The molecule has 2 amide bonds. The Kier molecular flexibility index (Phi) is 5.71. The van der Waals surface area contributed by atoms with Crippen LogP contribution in [-0.2, 0) is 22.6 Å². The molecule has 1 aliphatic rings. The Bertz CT molecular complexity index is 940. The number of amides is 2. The number of thiophene rings is 1. The minimum Gasteiger partial charge on any atom is -0.478 e. The molecule has 0 saturated carbocycles. The molecule has 9 nitrogen and oxygen atoms in total. The Labute approximate surface area is 163 Å². The first-order valence-electron chi connectivity index (χ1n) is 8.35. The van der Waals surface area contributed by atoms with Crippen molar-refractivity contribution >= 4 is 40.1 Å². The summed E-state index contributed by atoms with van der Waals surface area (Å²) < 4.78 is 0. The molecule has 3 rings (SSSR count). The van der Waals surface area contributed by atoms with E-state index in [9.17, 15) is 24.3 Å². The fraction of sp³-hybridized carbons (Fsp3) is 0.222. The fourth-order valence-corrected chi connectivity index (χ4v) is 4.12. The van der Waals surface area contributed by atoms with Gasteiger partial charge in [0.05, 0.1) is 5.56 Å². The number of anilines is 1. The third-order valence-corrected chi connectivity index (χ3v) is 5.42. The highest BCUT2D eigenvalue weighted by Gasteiger charge is 2.30. The highest BCUT2D eigenvalue weighted by Crippen LogP contribution is 2.36. The Balaban J connectivity index is 1.72. The monoisotopic (exact) mass is 403 g/mol. The van der Waals surface area contributed by atoms with Crippen molar-refractivity contribution in [1.29, 1.82) is 0 Å². The number of hydrogen-bond donors (Lipinski definition) is 5. The van der Waals surface area contributed by atoms with Crippen molar-refractivity contribution in [2.24, 2.45) is 0 Å². The quantitative estimate of drug-likeness (QED) is 0.467. The van der Waals surface area contributed by atoms with Gasteiger partial charge in [-0.2, -0.15) is 0 Å². The van der Waals surface area contributed by atoms with Gasteiger partial charge in [-0.15, -0.1) is 11.3 Å². The topological polar surface area (TPSA) is 145 Å². The number of carbonyl (C=O) groups is 4.